The lowest BCUT2D eigenvalue weighted by Crippen LogP contribution is -2.66. The fourth-order valence-electron chi connectivity index (χ4n) is 15.1. The Balaban J connectivity index is 0.000000152. The van der Waals surface area contributed by atoms with Crippen molar-refractivity contribution >= 4 is 43.7 Å². The van der Waals surface area contributed by atoms with Gasteiger partial charge in [0.25, 0.3) is 0 Å². The predicted octanol–water partition coefficient (Wildman–Crippen LogP) is 21.4. The van der Waals surface area contributed by atoms with Gasteiger partial charge in [-0.1, -0.05) is 159 Å². The van der Waals surface area contributed by atoms with Crippen molar-refractivity contribution in [2.24, 2.45) is 22.7 Å². The second kappa shape index (κ2) is 30.4. The van der Waals surface area contributed by atoms with Crippen LogP contribution >= 0.6 is 0 Å². The lowest BCUT2D eigenvalue weighted by atomic mass is 9.48. The molecule has 0 radical (unpaired) electrons. The van der Waals surface area contributed by atoms with Gasteiger partial charge in [-0.05, 0) is 227 Å². The molecular weight excluding hydrogens is 1300 g/mol. The highest BCUT2D eigenvalue weighted by Gasteiger charge is 2.76. The summed E-state index contributed by atoms with van der Waals surface area (Å²) in [6.45, 7) is 20.8. The van der Waals surface area contributed by atoms with E-state index in [1.807, 2.05) is 36.4 Å². The van der Waals surface area contributed by atoms with E-state index >= 15 is 0 Å². The van der Waals surface area contributed by atoms with Crippen LogP contribution in [0.15, 0.2) is 178 Å². The number of rotatable bonds is 15. The first-order chi connectivity index (χ1) is 46.2. The van der Waals surface area contributed by atoms with Gasteiger partial charge >= 0.3 is 29.9 Å². The van der Waals surface area contributed by atoms with Crippen LogP contribution in [0.5, 0.6) is 23.0 Å². The Morgan fingerprint density at radius 2 is 1.13 bits per heavy atom. The van der Waals surface area contributed by atoms with Gasteiger partial charge in [-0.15, -0.1) is 0 Å². The molecule has 4 bridgehead atoms. The summed E-state index contributed by atoms with van der Waals surface area (Å²) in [5, 5.41) is 11.9. The number of aromatic hydroxyl groups is 1. The maximum atomic E-state index is 13.7. The van der Waals surface area contributed by atoms with Crippen LogP contribution in [0, 0.1) is 22.7 Å². The van der Waals surface area contributed by atoms with Crippen molar-refractivity contribution < 1.29 is 73.0 Å². The summed E-state index contributed by atoms with van der Waals surface area (Å²) in [5.74, 6) is -0.213. The molecule has 6 aliphatic carbocycles. The van der Waals surface area contributed by atoms with Crippen molar-refractivity contribution in [2.45, 2.75) is 227 Å². The Kier molecular flexibility index (Phi) is 23.4. The number of halogens is 6. The van der Waals surface area contributed by atoms with Gasteiger partial charge in [-0.25, -0.2) is 8.42 Å². The van der Waals surface area contributed by atoms with Gasteiger partial charge in [0.2, 0.25) is 9.79 Å². The normalized spacial score (nSPS) is 22.5. The van der Waals surface area contributed by atoms with E-state index < -0.39 is 62.2 Å². The smallest absolute Gasteiger partial charge is 0.438 e. The molecule has 0 saturated heterocycles. The number of carbonyl (C=O) groups is 2. The molecule has 7 aromatic carbocycles. The maximum Gasteiger partial charge on any atom is 0.438 e. The van der Waals surface area contributed by atoms with Gasteiger partial charge in [-0.2, -0.15) is 26.3 Å². The molecule has 7 aliphatic rings. The molecule has 1 N–H and O–H groups in total. The quantitative estimate of drug-likeness (QED) is 0.0455. The fourth-order valence-corrected chi connectivity index (χ4v) is 18.2. The molecule has 6 atom stereocenters. The highest BCUT2D eigenvalue weighted by Crippen LogP contribution is 2.64. The lowest BCUT2D eigenvalue weighted by molar-refractivity contribution is -0.365. The van der Waals surface area contributed by atoms with Gasteiger partial charge in [-0.3, -0.25) is 9.59 Å². The highest BCUT2D eigenvalue weighted by molar-refractivity contribution is 7.97. The van der Waals surface area contributed by atoms with E-state index in [4.69, 9.17) is 19.3 Å². The molecule has 5 fully saturated rings. The van der Waals surface area contributed by atoms with E-state index in [9.17, 15) is 48.9 Å². The summed E-state index contributed by atoms with van der Waals surface area (Å²) < 4.78 is 137. The molecular formula is C80H94F6O10S2. The minimum atomic E-state index is -6.43. The molecule has 1 heterocycles. The molecule has 18 heteroatoms. The first kappa shape index (κ1) is 75.2. The second-order valence-corrected chi connectivity index (χ2v) is 31.9. The number of carbonyl (C=O) groups excluding carboxylic acids is 2. The summed E-state index contributed by atoms with van der Waals surface area (Å²) in [7, 11) is -6.22. The summed E-state index contributed by atoms with van der Waals surface area (Å²) in [4.78, 5) is 29.7. The molecule has 14 rings (SSSR count). The zero-order valence-corrected chi connectivity index (χ0v) is 59.5. The van der Waals surface area contributed by atoms with Crippen molar-refractivity contribution in [1.29, 1.82) is 0 Å². The number of alkyl halides is 6. The predicted molar refractivity (Wildman–Crippen MR) is 372 cm³/mol. The molecule has 1 aliphatic heterocycles. The van der Waals surface area contributed by atoms with E-state index in [0.29, 0.717) is 55.1 Å². The van der Waals surface area contributed by atoms with Gasteiger partial charge in [0.15, 0.2) is 16.4 Å². The van der Waals surface area contributed by atoms with Crippen molar-refractivity contribution in [3.05, 3.63) is 186 Å². The first-order valence-corrected chi connectivity index (χ1v) is 37.3. The molecule has 98 heavy (non-hydrogen) atoms. The summed E-state index contributed by atoms with van der Waals surface area (Å²) >= 11 is 0. The summed E-state index contributed by atoms with van der Waals surface area (Å²) in [6, 6.07) is 56.8. The topological polar surface area (TPSA) is 148 Å². The number of hydrogen-bond acceptors (Lipinski definition) is 10. The summed E-state index contributed by atoms with van der Waals surface area (Å²) in [6.07, 6.45) is -3.27. The van der Waals surface area contributed by atoms with Crippen molar-refractivity contribution in [3.63, 3.8) is 0 Å². The van der Waals surface area contributed by atoms with Crippen LogP contribution in [0.3, 0.4) is 0 Å². The first-order valence-electron chi connectivity index (χ1n) is 34.5. The second-order valence-electron chi connectivity index (χ2n) is 28.6. The Hall–Kier alpha value is -7.02. The van der Waals surface area contributed by atoms with Gasteiger partial charge in [0.05, 0.1) is 26.7 Å². The SMILES string of the molecule is CC1c2cccc3cccc(c23)C1C.CCC(C)(C)C(=O)OC12CC3CC(C1)CC(C(=O)OC(CS(=O)(=O)[O-])(C(F)(F)F)C(F)(F)F)(C3)C2.CCC(C)c1ccc(O)cc1.CCC(C)c1ccc(OC2(CC)CCCC2)cc1.c1ccc([S+]2c3ccccc3Oc3ccccc32)cc1. The van der Waals surface area contributed by atoms with Crippen LogP contribution in [0.2, 0.25) is 0 Å². The van der Waals surface area contributed by atoms with Crippen molar-refractivity contribution in [3.8, 4) is 23.0 Å². The van der Waals surface area contributed by atoms with Gasteiger partial charge < -0.3 is 28.6 Å². The average molecular weight is 1390 g/mol. The number of phenolic OH excluding ortho intramolecular Hbond substituents is 1. The van der Waals surface area contributed by atoms with Crippen LogP contribution < -0.4 is 9.47 Å². The molecule has 0 amide bonds. The van der Waals surface area contributed by atoms with Gasteiger partial charge in [0, 0.05) is 6.42 Å². The number of ether oxygens (including phenoxy) is 4. The zero-order valence-electron chi connectivity index (χ0n) is 57.9. The van der Waals surface area contributed by atoms with Crippen LogP contribution in [0.25, 0.3) is 10.8 Å². The highest BCUT2D eigenvalue weighted by atomic mass is 32.2. The van der Waals surface area contributed by atoms with Gasteiger partial charge in [0.1, 0.15) is 33.6 Å². The Morgan fingerprint density at radius 3 is 1.59 bits per heavy atom. The molecule has 7 aromatic rings. The molecule has 6 unspecified atom stereocenters. The lowest BCUT2D eigenvalue weighted by Gasteiger charge is -2.60. The maximum absolute atomic E-state index is 13.7. The van der Waals surface area contributed by atoms with Crippen LogP contribution in [0.1, 0.15) is 205 Å². The monoisotopic (exact) mass is 1390 g/mol. The number of benzene rings is 7. The summed E-state index contributed by atoms with van der Waals surface area (Å²) in [5.41, 5.74) is -3.61. The molecule has 5 saturated carbocycles. The van der Waals surface area contributed by atoms with E-state index in [1.54, 1.807) is 32.9 Å². The zero-order chi connectivity index (χ0) is 71.2. The number of phenols is 1. The van der Waals surface area contributed by atoms with E-state index in [2.05, 4.69) is 168 Å². The molecule has 528 valence electrons. The minimum absolute atomic E-state index is 0.0829. The molecule has 10 nitrogen and oxygen atoms in total. The number of esters is 2. The Bertz CT molecular complexity index is 3850. The van der Waals surface area contributed by atoms with Crippen LogP contribution in [-0.2, 0) is 40.1 Å². The number of para-hydroxylation sites is 2. The van der Waals surface area contributed by atoms with E-state index in [-0.39, 0.29) is 47.6 Å². The largest absolute Gasteiger partial charge is 0.748 e. The van der Waals surface area contributed by atoms with Crippen molar-refractivity contribution in [1.82, 2.24) is 0 Å². The third kappa shape index (κ3) is 16.7. The third-order valence-corrected chi connectivity index (χ3v) is 24.5. The minimum Gasteiger partial charge on any atom is -0.748 e. The van der Waals surface area contributed by atoms with Crippen LogP contribution in [0.4, 0.5) is 26.3 Å². The van der Waals surface area contributed by atoms with Crippen molar-refractivity contribution in [2.75, 3.05) is 5.75 Å². The molecule has 0 spiro atoms. The fraction of sp³-hybridized carbons (Fsp3) is 0.475. The molecule has 0 aromatic heterocycles. The number of fused-ring (bicyclic) bond motifs is 2. The third-order valence-electron chi connectivity index (χ3n) is 21.4. The Morgan fingerprint density at radius 1 is 0.653 bits per heavy atom. The van der Waals surface area contributed by atoms with Crippen LogP contribution in [-0.4, -0.2) is 64.9 Å². The van der Waals surface area contributed by atoms with E-state index in [1.165, 1.54) is 79.8 Å². The Labute approximate surface area is 577 Å². The number of hydrogen-bond donors (Lipinski definition) is 1. The average Bonchev–Trinajstić information content (AvgIpc) is 1.01. The standard InChI is InChI=1S/C21H28F6O7S.C18H13OS.C17H26O.C14H14.C10H14O/c1-4-16(2,3)14(28)33-18-8-12-5-13(9-18)7-17(6-12,10-18)15(29)34-19(20(22,23)24,21(25,26)27)11-35(30,31)32;1-2-8-14(9-3-1)20-17-12-6-4-10-15(17)19-16-11-5-7-13-18(16)20;1-4-14(3)15-8-10-16(11-9-15)18-17(5-2)12-6-7-13-17;1-9-10(2)13-8-4-6-11-5-3-7-12(9)14(11)13;1-3-8(2)9-4-6-10(11)7-5-9/h12-13H,4-11H2,1-3H3,(H,30,31,32);1-13H;8-11,14H,4-7,12-13H2,1-3H3;3-10H,1-2H3;4-8,11H,3H2,1-2H3/q;+1;;;/p-1. The van der Waals surface area contributed by atoms with E-state index in [0.717, 1.165) is 30.1 Å².